The highest BCUT2D eigenvalue weighted by Gasteiger charge is 2.12. The molecule has 0 unspecified atom stereocenters. The van der Waals surface area contributed by atoms with Gasteiger partial charge in [-0.2, -0.15) is 0 Å². The van der Waals surface area contributed by atoms with E-state index < -0.39 is 18.1 Å². The van der Waals surface area contributed by atoms with Crippen LogP contribution in [0.1, 0.15) is 13.3 Å². The van der Waals surface area contributed by atoms with Gasteiger partial charge >= 0.3 is 5.97 Å². The molecule has 0 aromatic rings. The molecule has 0 aliphatic heterocycles. The van der Waals surface area contributed by atoms with E-state index in [0.29, 0.717) is 6.61 Å². The molecule has 0 aliphatic rings. The minimum atomic E-state index is -1.31. The SMILES string of the molecule is CC=CC(=O)OCCC[SiH2]O[Si](C)(C)C. The molecule has 0 bridgehead atoms. The molecule has 0 N–H and O–H groups in total. The molecule has 0 aromatic carbocycles. The number of carbonyl (C=O) groups is 1. The molecule has 0 rings (SSSR count). The first kappa shape index (κ1) is 14.6. The maximum absolute atomic E-state index is 10.9. The van der Waals surface area contributed by atoms with Gasteiger partial charge in [-0.15, -0.1) is 0 Å². The number of hydrogen-bond donors (Lipinski definition) is 0. The summed E-state index contributed by atoms with van der Waals surface area (Å²) in [5.74, 6) is -0.245. The van der Waals surface area contributed by atoms with Gasteiger partial charge in [0.15, 0.2) is 8.32 Å². The molecule has 0 saturated heterocycles. The molecule has 0 amide bonds. The molecule has 0 radical (unpaired) electrons. The van der Waals surface area contributed by atoms with Crippen LogP contribution in [0.5, 0.6) is 0 Å². The van der Waals surface area contributed by atoms with Crippen molar-refractivity contribution in [2.45, 2.75) is 39.0 Å². The lowest BCUT2D eigenvalue weighted by molar-refractivity contribution is -0.137. The molecule has 0 aromatic heterocycles. The van der Waals surface area contributed by atoms with Gasteiger partial charge in [-0.05, 0) is 39.0 Å². The Morgan fingerprint density at radius 3 is 2.60 bits per heavy atom. The summed E-state index contributed by atoms with van der Waals surface area (Å²) < 4.78 is 10.8. The minimum Gasteiger partial charge on any atom is -0.463 e. The van der Waals surface area contributed by atoms with E-state index in [1.807, 2.05) is 0 Å². The Hall–Kier alpha value is -0.396. The summed E-state index contributed by atoms with van der Waals surface area (Å²) in [7, 11) is -1.71. The van der Waals surface area contributed by atoms with E-state index in [-0.39, 0.29) is 5.97 Å². The van der Waals surface area contributed by atoms with Crippen molar-refractivity contribution in [1.82, 2.24) is 0 Å². The Morgan fingerprint density at radius 2 is 2.07 bits per heavy atom. The largest absolute Gasteiger partial charge is 0.463 e. The molecule has 0 atom stereocenters. The van der Waals surface area contributed by atoms with E-state index in [1.165, 1.54) is 6.08 Å². The van der Waals surface area contributed by atoms with Crippen molar-refractivity contribution >= 4 is 24.0 Å². The van der Waals surface area contributed by atoms with Crippen molar-refractivity contribution in [1.29, 1.82) is 0 Å². The third kappa shape index (κ3) is 11.5. The van der Waals surface area contributed by atoms with Crippen LogP contribution in [0.4, 0.5) is 0 Å². The van der Waals surface area contributed by atoms with Crippen LogP contribution >= 0.6 is 0 Å². The quantitative estimate of drug-likeness (QED) is 0.298. The third-order valence-electron chi connectivity index (χ3n) is 1.62. The molecule has 0 aliphatic carbocycles. The maximum Gasteiger partial charge on any atom is 0.330 e. The van der Waals surface area contributed by atoms with Crippen LogP contribution in [0.25, 0.3) is 0 Å². The van der Waals surface area contributed by atoms with Crippen LogP contribution in [-0.2, 0) is 13.6 Å². The second kappa shape index (κ2) is 7.84. The van der Waals surface area contributed by atoms with Crippen LogP contribution in [0.3, 0.4) is 0 Å². The van der Waals surface area contributed by atoms with Gasteiger partial charge in [-0.25, -0.2) is 4.79 Å². The van der Waals surface area contributed by atoms with Crippen molar-refractivity contribution < 1.29 is 13.6 Å². The van der Waals surface area contributed by atoms with Gasteiger partial charge in [0.1, 0.15) is 9.76 Å². The summed E-state index contributed by atoms with van der Waals surface area (Å²) >= 11 is 0. The zero-order valence-electron chi connectivity index (χ0n) is 10.2. The number of allylic oxidation sites excluding steroid dienone is 1. The number of hydrogen-bond acceptors (Lipinski definition) is 3. The van der Waals surface area contributed by atoms with E-state index in [4.69, 9.17) is 8.85 Å². The summed E-state index contributed by atoms with van der Waals surface area (Å²) in [6, 6.07) is 1.09. The number of ether oxygens (including phenoxy) is 1. The first-order chi connectivity index (χ1) is 6.95. The predicted octanol–water partition coefficient (Wildman–Crippen LogP) is 1.85. The molecular weight excluding hydrogens is 224 g/mol. The van der Waals surface area contributed by atoms with Gasteiger partial charge in [-0.1, -0.05) is 6.08 Å². The number of rotatable bonds is 7. The average Bonchev–Trinajstić information content (AvgIpc) is 2.09. The van der Waals surface area contributed by atoms with Crippen LogP contribution < -0.4 is 0 Å². The van der Waals surface area contributed by atoms with Gasteiger partial charge in [0.25, 0.3) is 0 Å². The van der Waals surface area contributed by atoms with Gasteiger partial charge in [0, 0.05) is 6.08 Å². The Morgan fingerprint density at radius 1 is 1.40 bits per heavy atom. The average molecular weight is 246 g/mol. The standard InChI is InChI=1S/C10H22O3Si2/c1-5-7-10(11)12-8-6-9-14-13-15(2,3)4/h5,7H,6,8-9,14H2,1-4H3. The summed E-state index contributed by atoms with van der Waals surface area (Å²) in [5, 5.41) is 0. The van der Waals surface area contributed by atoms with Crippen LogP contribution in [0, 0.1) is 0 Å². The highest BCUT2D eigenvalue weighted by atomic mass is 28.4. The first-order valence-electron chi connectivity index (χ1n) is 5.39. The molecule has 0 fully saturated rings. The van der Waals surface area contributed by atoms with Crippen molar-refractivity contribution in [3.05, 3.63) is 12.2 Å². The van der Waals surface area contributed by atoms with Gasteiger partial charge in [-0.3, -0.25) is 0 Å². The normalized spacial score (nSPS) is 12.8. The van der Waals surface area contributed by atoms with Crippen molar-refractivity contribution in [3.8, 4) is 0 Å². The number of carbonyl (C=O) groups excluding carboxylic acids is 1. The van der Waals surface area contributed by atoms with Crippen molar-refractivity contribution in [2.24, 2.45) is 0 Å². The van der Waals surface area contributed by atoms with Crippen LogP contribution in [0.2, 0.25) is 25.7 Å². The van der Waals surface area contributed by atoms with Gasteiger partial charge < -0.3 is 8.85 Å². The molecule has 3 nitrogen and oxygen atoms in total. The van der Waals surface area contributed by atoms with Gasteiger partial charge in [0.2, 0.25) is 0 Å². The first-order valence-corrected chi connectivity index (χ1v) is 10.4. The lowest BCUT2D eigenvalue weighted by Crippen LogP contribution is -2.27. The molecular formula is C10H22O3Si2. The molecule has 15 heavy (non-hydrogen) atoms. The molecule has 0 spiro atoms. The topological polar surface area (TPSA) is 35.5 Å². The second-order valence-electron chi connectivity index (χ2n) is 4.34. The predicted molar refractivity (Wildman–Crippen MR) is 68.2 cm³/mol. The van der Waals surface area contributed by atoms with Gasteiger partial charge in [0.05, 0.1) is 6.61 Å². The third-order valence-corrected chi connectivity index (χ3v) is 6.69. The fraction of sp³-hybridized carbons (Fsp3) is 0.700. The number of esters is 1. The van der Waals surface area contributed by atoms with Crippen molar-refractivity contribution in [2.75, 3.05) is 6.61 Å². The Bertz CT molecular complexity index is 209. The van der Waals surface area contributed by atoms with E-state index in [0.717, 1.165) is 12.5 Å². The van der Waals surface area contributed by atoms with E-state index in [1.54, 1.807) is 13.0 Å². The Balaban J connectivity index is 3.29. The fourth-order valence-corrected chi connectivity index (χ4v) is 4.37. The highest BCUT2D eigenvalue weighted by molar-refractivity contribution is 6.73. The second-order valence-corrected chi connectivity index (χ2v) is 10.8. The highest BCUT2D eigenvalue weighted by Crippen LogP contribution is 2.03. The minimum absolute atomic E-state index is 0.245. The Kier molecular flexibility index (Phi) is 7.63. The summed E-state index contributed by atoms with van der Waals surface area (Å²) in [4.78, 5) is 10.9. The summed E-state index contributed by atoms with van der Waals surface area (Å²) in [5.41, 5.74) is 0. The summed E-state index contributed by atoms with van der Waals surface area (Å²) in [6.07, 6.45) is 4.06. The molecule has 5 heteroatoms. The van der Waals surface area contributed by atoms with E-state index in [2.05, 4.69) is 19.6 Å². The molecule has 0 saturated carbocycles. The molecule has 0 heterocycles. The van der Waals surface area contributed by atoms with Crippen molar-refractivity contribution in [3.63, 3.8) is 0 Å². The zero-order valence-corrected chi connectivity index (χ0v) is 12.6. The smallest absolute Gasteiger partial charge is 0.330 e. The van der Waals surface area contributed by atoms with E-state index in [9.17, 15) is 4.79 Å². The van der Waals surface area contributed by atoms with E-state index >= 15 is 0 Å². The van der Waals surface area contributed by atoms with Crippen LogP contribution in [0.15, 0.2) is 12.2 Å². The lowest BCUT2D eigenvalue weighted by Gasteiger charge is -2.17. The maximum atomic E-state index is 10.9. The zero-order chi connectivity index (χ0) is 11.7. The fourth-order valence-electron chi connectivity index (χ4n) is 0.939. The lowest BCUT2D eigenvalue weighted by atomic mass is 10.5. The molecule has 88 valence electrons. The Labute approximate surface area is 95.9 Å². The monoisotopic (exact) mass is 246 g/mol. The van der Waals surface area contributed by atoms with Crippen LogP contribution in [-0.4, -0.2) is 30.7 Å². The summed E-state index contributed by atoms with van der Waals surface area (Å²) in [6.45, 7) is 8.92.